The molecule has 9 nitrogen and oxygen atoms in total. The van der Waals surface area contributed by atoms with E-state index in [-0.39, 0.29) is 11.9 Å². The Hall–Kier alpha value is -2.68. The predicted molar refractivity (Wildman–Crippen MR) is 87.3 cm³/mol. The quantitative estimate of drug-likeness (QED) is 0.516. The largest absolute Gasteiger partial charge is 0.493 e. The number of rotatable bonds is 8. The van der Waals surface area contributed by atoms with Gasteiger partial charge in [0.1, 0.15) is 6.33 Å². The van der Waals surface area contributed by atoms with Gasteiger partial charge in [-0.2, -0.15) is 0 Å². The van der Waals surface area contributed by atoms with Crippen molar-refractivity contribution in [2.45, 2.75) is 18.5 Å². The second-order valence-corrected chi connectivity index (χ2v) is 5.67. The molecule has 1 aliphatic rings. The average molecular weight is 347 g/mol. The van der Waals surface area contributed by atoms with Crippen LogP contribution in [0.25, 0.3) is 0 Å². The fourth-order valence-electron chi connectivity index (χ4n) is 3.11. The number of likely N-dealkylation sites (tertiary alicyclic amines) is 1. The number of hydrogen-bond acceptors (Lipinski definition) is 7. The molecule has 134 valence electrons. The Morgan fingerprint density at radius 3 is 2.56 bits per heavy atom. The van der Waals surface area contributed by atoms with Crippen LogP contribution in [0.5, 0.6) is 11.5 Å². The predicted octanol–water partition coefficient (Wildman–Crippen LogP) is 0.851. The van der Waals surface area contributed by atoms with Crippen LogP contribution in [-0.2, 0) is 9.53 Å². The molecule has 0 bridgehead atoms. The van der Waals surface area contributed by atoms with Gasteiger partial charge in [0.2, 0.25) is 0 Å². The minimum atomic E-state index is -0.462. The van der Waals surface area contributed by atoms with Gasteiger partial charge in [0.15, 0.2) is 17.5 Å². The summed E-state index contributed by atoms with van der Waals surface area (Å²) in [7, 11) is 4.82. The summed E-state index contributed by atoms with van der Waals surface area (Å²) in [4.78, 5) is 14.4. The molecule has 0 spiro atoms. The molecule has 1 saturated heterocycles. The number of carbonyl (C=O) groups is 1. The molecule has 0 radical (unpaired) electrons. The Kier molecular flexibility index (Phi) is 5.13. The lowest BCUT2D eigenvalue weighted by molar-refractivity contribution is -0.156. The van der Waals surface area contributed by atoms with E-state index in [1.807, 2.05) is 23.1 Å². The molecule has 9 heteroatoms. The zero-order valence-corrected chi connectivity index (χ0v) is 14.5. The van der Waals surface area contributed by atoms with E-state index in [2.05, 4.69) is 15.5 Å². The Labute approximate surface area is 145 Å². The molecule has 25 heavy (non-hydrogen) atoms. The highest BCUT2D eigenvalue weighted by molar-refractivity contribution is 5.88. The maximum absolute atomic E-state index is 12.6. The molecule has 2 heterocycles. The molecule has 0 N–H and O–H groups in total. The van der Waals surface area contributed by atoms with Crippen LogP contribution in [0.1, 0.15) is 24.1 Å². The summed E-state index contributed by atoms with van der Waals surface area (Å²) in [5, 5.41) is 11.2. The fourth-order valence-corrected chi connectivity index (χ4v) is 3.11. The molecule has 2 unspecified atom stereocenters. The smallest absolute Gasteiger partial charge is 0.250 e. The lowest BCUT2D eigenvalue weighted by Crippen LogP contribution is -2.56. The van der Waals surface area contributed by atoms with Gasteiger partial charge >= 0.3 is 0 Å². The van der Waals surface area contributed by atoms with E-state index >= 15 is 0 Å². The van der Waals surface area contributed by atoms with Crippen molar-refractivity contribution < 1.29 is 19.0 Å². The van der Waals surface area contributed by atoms with E-state index in [0.717, 1.165) is 12.0 Å². The number of methoxy groups -OCH3 is 3. The topological polar surface area (TPSA) is 91.6 Å². The molecular weight excluding hydrogens is 326 g/mol. The van der Waals surface area contributed by atoms with Crippen LogP contribution in [0.3, 0.4) is 0 Å². The Morgan fingerprint density at radius 2 is 1.92 bits per heavy atom. The summed E-state index contributed by atoms with van der Waals surface area (Å²) in [5.41, 5.74) is 0.940. The third kappa shape index (κ3) is 3.14. The van der Waals surface area contributed by atoms with Crippen LogP contribution in [0.4, 0.5) is 0 Å². The number of aromatic nitrogens is 4. The molecular formula is C16H21N5O4. The third-order valence-electron chi connectivity index (χ3n) is 4.32. The summed E-state index contributed by atoms with van der Waals surface area (Å²) in [6.07, 6.45) is 2.22. The normalized spacial score (nSPS) is 19.6. The Bertz CT molecular complexity index is 721. The van der Waals surface area contributed by atoms with Gasteiger partial charge in [0.05, 0.1) is 20.3 Å². The van der Waals surface area contributed by atoms with E-state index in [1.165, 1.54) is 11.0 Å². The van der Waals surface area contributed by atoms with E-state index in [0.29, 0.717) is 24.7 Å². The molecule has 1 amide bonds. The average Bonchev–Trinajstić information content (AvgIpc) is 3.16. The number of tetrazole rings is 1. The third-order valence-corrected chi connectivity index (χ3v) is 4.32. The number of carbonyl (C=O) groups excluding carboxylic acids is 1. The van der Waals surface area contributed by atoms with Gasteiger partial charge in [-0.25, -0.2) is 4.68 Å². The van der Waals surface area contributed by atoms with Gasteiger partial charge < -0.3 is 19.1 Å². The van der Waals surface area contributed by atoms with Gasteiger partial charge in [0, 0.05) is 20.3 Å². The zero-order chi connectivity index (χ0) is 17.8. The van der Waals surface area contributed by atoms with Crippen molar-refractivity contribution in [3.8, 4) is 11.5 Å². The molecule has 0 aliphatic carbocycles. The van der Waals surface area contributed by atoms with E-state index < -0.39 is 6.04 Å². The first-order valence-electron chi connectivity index (χ1n) is 7.95. The maximum Gasteiger partial charge on any atom is 0.250 e. The van der Waals surface area contributed by atoms with Crippen LogP contribution in [0.15, 0.2) is 24.5 Å². The second-order valence-electron chi connectivity index (χ2n) is 5.67. The lowest BCUT2D eigenvalue weighted by Gasteiger charge is -2.47. The van der Waals surface area contributed by atoms with Crippen molar-refractivity contribution in [3.63, 3.8) is 0 Å². The van der Waals surface area contributed by atoms with E-state index in [4.69, 9.17) is 14.2 Å². The standard InChI is InChI=1S/C16H21N5O4/c1-23-8-4-7-20-14(15(16(20)22)21-10-17-18-19-21)11-5-6-12(24-2)13(9-11)25-3/h5-6,9-10,14-15H,4,7-8H2,1-3H3. The first-order valence-corrected chi connectivity index (χ1v) is 7.95. The number of ether oxygens (including phenoxy) is 3. The summed E-state index contributed by atoms with van der Waals surface area (Å²) >= 11 is 0. The maximum atomic E-state index is 12.6. The van der Waals surface area contributed by atoms with Crippen molar-refractivity contribution in [2.24, 2.45) is 0 Å². The van der Waals surface area contributed by atoms with Crippen LogP contribution < -0.4 is 9.47 Å². The Balaban J connectivity index is 1.91. The number of β-lactam (4-membered cyclic amide) rings is 1. The van der Waals surface area contributed by atoms with Gasteiger partial charge in [-0.3, -0.25) is 4.79 Å². The van der Waals surface area contributed by atoms with E-state index in [1.54, 1.807) is 21.3 Å². The number of hydrogen-bond donors (Lipinski definition) is 0. The minimum Gasteiger partial charge on any atom is -0.493 e. The highest BCUT2D eigenvalue weighted by atomic mass is 16.5. The molecule has 3 rings (SSSR count). The monoisotopic (exact) mass is 347 g/mol. The highest BCUT2D eigenvalue weighted by Crippen LogP contribution is 2.44. The summed E-state index contributed by atoms with van der Waals surface area (Å²) in [6, 6.07) is 5.01. The molecule has 2 atom stereocenters. The van der Waals surface area contributed by atoms with Crippen LogP contribution in [0, 0.1) is 0 Å². The number of nitrogens with zero attached hydrogens (tertiary/aromatic N) is 5. The van der Waals surface area contributed by atoms with Crippen molar-refractivity contribution in [2.75, 3.05) is 34.5 Å². The number of benzene rings is 1. The molecule has 1 aliphatic heterocycles. The van der Waals surface area contributed by atoms with Gasteiger partial charge in [0.25, 0.3) is 5.91 Å². The summed E-state index contributed by atoms with van der Waals surface area (Å²) < 4.78 is 17.3. The summed E-state index contributed by atoms with van der Waals surface area (Å²) in [6.45, 7) is 1.20. The van der Waals surface area contributed by atoms with Crippen LogP contribution >= 0.6 is 0 Å². The first-order chi connectivity index (χ1) is 12.2. The molecule has 1 aromatic heterocycles. The molecule has 1 aromatic carbocycles. The van der Waals surface area contributed by atoms with Gasteiger partial charge in [-0.15, -0.1) is 5.10 Å². The lowest BCUT2D eigenvalue weighted by atomic mass is 9.88. The van der Waals surface area contributed by atoms with Crippen LogP contribution in [-0.4, -0.2) is 65.5 Å². The first kappa shape index (κ1) is 17.2. The SMILES string of the molecule is COCCCN1C(=O)C(n2cnnn2)C1c1ccc(OC)c(OC)c1. The zero-order valence-electron chi connectivity index (χ0n) is 14.5. The van der Waals surface area contributed by atoms with E-state index in [9.17, 15) is 4.79 Å². The summed E-state index contributed by atoms with van der Waals surface area (Å²) in [5.74, 6) is 1.25. The number of amides is 1. The van der Waals surface area contributed by atoms with Crippen molar-refractivity contribution in [3.05, 3.63) is 30.1 Å². The molecule has 1 fully saturated rings. The van der Waals surface area contributed by atoms with Crippen molar-refractivity contribution >= 4 is 5.91 Å². The van der Waals surface area contributed by atoms with Crippen molar-refractivity contribution in [1.29, 1.82) is 0 Å². The minimum absolute atomic E-state index is 0.0109. The van der Waals surface area contributed by atoms with Gasteiger partial charge in [-0.1, -0.05) is 6.07 Å². The van der Waals surface area contributed by atoms with Gasteiger partial charge in [-0.05, 0) is 34.5 Å². The molecule has 2 aromatic rings. The highest BCUT2D eigenvalue weighted by Gasteiger charge is 2.49. The van der Waals surface area contributed by atoms with Crippen LogP contribution in [0.2, 0.25) is 0 Å². The second kappa shape index (κ2) is 7.47. The fraction of sp³-hybridized carbons (Fsp3) is 0.500. The van der Waals surface area contributed by atoms with Crippen molar-refractivity contribution in [1.82, 2.24) is 25.1 Å². The Morgan fingerprint density at radius 1 is 1.12 bits per heavy atom. The molecule has 0 saturated carbocycles.